The van der Waals surface area contributed by atoms with Crippen LogP contribution in [-0.4, -0.2) is 14.5 Å². The quantitative estimate of drug-likeness (QED) is 0.860. The molecule has 0 aliphatic heterocycles. The fourth-order valence-corrected chi connectivity index (χ4v) is 1.76. The van der Waals surface area contributed by atoms with Crippen molar-refractivity contribution < 1.29 is 0 Å². The highest BCUT2D eigenvalue weighted by Gasteiger charge is 2.10. The van der Waals surface area contributed by atoms with Crippen molar-refractivity contribution in [3.05, 3.63) is 17.8 Å². The molecule has 0 radical (unpaired) electrons. The fraction of sp³-hybridized carbons (Fsp3) is 0.500. The lowest BCUT2D eigenvalue weighted by Crippen LogP contribution is -2.06. The molecule has 4 nitrogen and oxygen atoms in total. The van der Waals surface area contributed by atoms with Gasteiger partial charge in [-0.15, -0.1) is 0 Å². The van der Waals surface area contributed by atoms with Gasteiger partial charge in [0.1, 0.15) is 5.52 Å². The van der Waals surface area contributed by atoms with E-state index in [1.165, 1.54) is 0 Å². The highest BCUT2D eigenvalue weighted by molar-refractivity contribution is 5.77. The second kappa shape index (κ2) is 4.12. The number of anilines is 1. The Labute approximate surface area is 95.5 Å². The monoisotopic (exact) mass is 218 g/mol. The van der Waals surface area contributed by atoms with Gasteiger partial charge >= 0.3 is 0 Å². The molecular formula is C12H18N4. The van der Waals surface area contributed by atoms with E-state index >= 15 is 0 Å². The summed E-state index contributed by atoms with van der Waals surface area (Å²) in [7, 11) is 0. The Kier molecular flexibility index (Phi) is 2.81. The van der Waals surface area contributed by atoms with Crippen LogP contribution in [0.4, 0.5) is 5.95 Å². The number of imidazole rings is 1. The molecule has 86 valence electrons. The van der Waals surface area contributed by atoms with Crippen molar-refractivity contribution in [2.45, 2.75) is 33.7 Å². The van der Waals surface area contributed by atoms with Crippen LogP contribution < -0.4 is 5.73 Å². The average Bonchev–Trinajstić information content (AvgIpc) is 2.53. The first kappa shape index (κ1) is 10.9. The van der Waals surface area contributed by atoms with Gasteiger partial charge in [0.15, 0.2) is 5.65 Å². The van der Waals surface area contributed by atoms with Gasteiger partial charge in [-0.25, -0.2) is 9.97 Å². The summed E-state index contributed by atoms with van der Waals surface area (Å²) in [6.07, 6.45) is 2.90. The minimum absolute atomic E-state index is 0.567. The Balaban J connectivity index is 2.44. The molecule has 2 heterocycles. The van der Waals surface area contributed by atoms with E-state index in [0.717, 1.165) is 29.7 Å². The SMILES string of the molecule is Cc1ccnc2c1nc(N)n2CCC(C)C. The standard InChI is InChI=1S/C12H18N4/c1-8(2)5-7-16-11-10(15-12(16)13)9(3)4-6-14-11/h4,6,8H,5,7H2,1-3H3,(H2,13,15). The van der Waals surface area contributed by atoms with Gasteiger partial charge in [-0.05, 0) is 30.9 Å². The summed E-state index contributed by atoms with van der Waals surface area (Å²) in [5.74, 6) is 1.22. The molecular weight excluding hydrogens is 200 g/mol. The van der Waals surface area contributed by atoms with E-state index in [0.29, 0.717) is 11.9 Å². The van der Waals surface area contributed by atoms with Gasteiger partial charge in [0, 0.05) is 12.7 Å². The van der Waals surface area contributed by atoms with Crippen molar-refractivity contribution in [1.29, 1.82) is 0 Å². The lowest BCUT2D eigenvalue weighted by molar-refractivity contribution is 0.525. The number of aromatic nitrogens is 3. The van der Waals surface area contributed by atoms with E-state index < -0.39 is 0 Å². The highest BCUT2D eigenvalue weighted by Crippen LogP contribution is 2.19. The minimum atomic E-state index is 0.567. The topological polar surface area (TPSA) is 56.7 Å². The average molecular weight is 218 g/mol. The molecule has 16 heavy (non-hydrogen) atoms. The van der Waals surface area contributed by atoms with Gasteiger partial charge in [0.25, 0.3) is 0 Å². The Morgan fingerprint density at radius 1 is 1.44 bits per heavy atom. The van der Waals surface area contributed by atoms with Crippen molar-refractivity contribution in [1.82, 2.24) is 14.5 Å². The van der Waals surface area contributed by atoms with Crippen LogP contribution in [0.5, 0.6) is 0 Å². The minimum Gasteiger partial charge on any atom is -0.369 e. The normalized spacial score (nSPS) is 11.5. The third-order valence-corrected chi connectivity index (χ3v) is 2.80. The Morgan fingerprint density at radius 3 is 2.88 bits per heavy atom. The summed E-state index contributed by atoms with van der Waals surface area (Å²) in [6, 6.07) is 1.96. The summed E-state index contributed by atoms with van der Waals surface area (Å²) in [5, 5.41) is 0. The van der Waals surface area contributed by atoms with Crippen LogP contribution in [0.3, 0.4) is 0 Å². The summed E-state index contributed by atoms with van der Waals surface area (Å²) in [6.45, 7) is 7.32. The van der Waals surface area contributed by atoms with E-state index in [1.54, 1.807) is 0 Å². The molecule has 0 saturated carbocycles. The Morgan fingerprint density at radius 2 is 2.19 bits per heavy atom. The van der Waals surface area contributed by atoms with Crippen LogP contribution in [0.2, 0.25) is 0 Å². The zero-order valence-corrected chi connectivity index (χ0v) is 10.1. The number of aryl methyl sites for hydroxylation is 2. The number of hydrogen-bond donors (Lipinski definition) is 1. The number of fused-ring (bicyclic) bond motifs is 1. The maximum absolute atomic E-state index is 5.92. The molecule has 0 spiro atoms. The molecule has 0 atom stereocenters. The molecule has 2 aromatic rings. The first-order chi connectivity index (χ1) is 7.59. The van der Waals surface area contributed by atoms with Crippen molar-refractivity contribution in [2.24, 2.45) is 5.92 Å². The molecule has 0 aliphatic rings. The molecule has 0 saturated heterocycles. The third-order valence-electron chi connectivity index (χ3n) is 2.80. The van der Waals surface area contributed by atoms with Crippen LogP contribution in [0.1, 0.15) is 25.8 Å². The van der Waals surface area contributed by atoms with Gasteiger partial charge in [-0.2, -0.15) is 0 Å². The number of nitrogen functional groups attached to an aromatic ring is 1. The number of nitrogens with zero attached hydrogens (tertiary/aromatic N) is 3. The lowest BCUT2D eigenvalue weighted by atomic mass is 10.1. The first-order valence-corrected chi connectivity index (χ1v) is 5.67. The smallest absolute Gasteiger partial charge is 0.202 e. The lowest BCUT2D eigenvalue weighted by Gasteiger charge is -2.07. The van der Waals surface area contributed by atoms with Gasteiger partial charge in [-0.1, -0.05) is 13.8 Å². The molecule has 0 bridgehead atoms. The molecule has 0 aliphatic carbocycles. The van der Waals surface area contributed by atoms with Crippen molar-refractivity contribution in [3.63, 3.8) is 0 Å². The zero-order chi connectivity index (χ0) is 11.7. The summed E-state index contributed by atoms with van der Waals surface area (Å²) in [4.78, 5) is 8.73. The van der Waals surface area contributed by atoms with Crippen LogP contribution in [0.15, 0.2) is 12.3 Å². The predicted octanol–water partition coefficient (Wildman–Crippen LogP) is 2.37. The molecule has 2 N–H and O–H groups in total. The highest BCUT2D eigenvalue weighted by atomic mass is 15.2. The van der Waals surface area contributed by atoms with Crippen LogP contribution in [-0.2, 0) is 6.54 Å². The van der Waals surface area contributed by atoms with E-state index in [4.69, 9.17) is 5.73 Å². The first-order valence-electron chi connectivity index (χ1n) is 5.67. The van der Waals surface area contributed by atoms with Crippen LogP contribution in [0.25, 0.3) is 11.2 Å². The van der Waals surface area contributed by atoms with Gasteiger partial charge in [0.2, 0.25) is 5.95 Å². The van der Waals surface area contributed by atoms with Gasteiger partial charge in [-0.3, -0.25) is 4.57 Å². The number of nitrogens with two attached hydrogens (primary N) is 1. The Hall–Kier alpha value is -1.58. The molecule has 0 aromatic carbocycles. The van der Waals surface area contributed by atoms with E-state index in [-0.39, 0.29) is 0 Å². The molecule has 2 rings (SSSR count). The molecule has 0 amide bonds. The summed E-state index contributed by atoms with van der Waals surface area (Å²) in [5.41, 5.74) is 8.87. The zero-order valence-electron chi connectivity index (χ0n) is 10.1. The van der Waals surface area contributed by atoms with Gasteiger partial charge in [0.05, 0.1) is 0 Å². The van der Waals surface area contributed by atoms with Crippen LogP contribution >= 0.6 is 0 Å². The fourth-order valence-electron chi connectivity index (χ4n) is 1.76. The van der Waals surface area contributed by atoms with Crippen molar-refractivity contribution in [2.75, 3.05) is 5.73 Å². The van der Waals surface area contributed by atoms with Gasteiger partial charge < -0.3 is 5.73 Å². The van der Waals surface area contributed by atoms with E-state index in [2.05, 4.69) is 23.8 Å². The van der Waals surface area contributed by atoms with Crippen molar-refractivity contribution in [3.8, 4) is 0 Å². The molecule has 4 heteroatoms. The summed E-state index contributed by atoms with van der Waals surface area (Å²) < 4.78 is 2.00. The van der Waals surface area contributed by atoms with Crippen LogP contribution in [0, 0.1) is 12.8 Å². The second-order valence-electron chi connectivity index (χ2n) is 4.60. The molecule has 0 fully saturated rings. The number of pyridine rings is 1. The van der Waals surface area contributed by atoms with E-state index in [9.17, 15) is 0 Å². The largest absolute Gasteiger partial charge is 0.369 e. The maximum Gasteiger partial charge on any atom is 0.202 e. The number of rotatable bonds is 3. The predicted molar refractivity (Wildman–Crippen MR) is 66.1 cm³/mol. The number of hydrogen-bond acceptors (Lipinski definition) is 3. The molecule has 0 unspecified atom stereocenters. The molecule has 2 aromatic heterocycles. The van der Waals surface area contributed by atoms with Crippen molar-refractivity contribution >= 4 is 17.1 Å². The second-order valence-corrected chi connectivity index (χ2v) is 4.60. The van der Waals surface area contributed by atoms with E-state index in [1.807, 2.05) is 23.8 Å². The summed E-state index contributed by atoms with van der Waals surface area (Å²) >= 11 is 0. The third kappa shape index (κ3) is 1.87. The maximum atomic E-state index is 5.92. The Bertz CT molecular complexity index is 499.